The number of benzene rings is 2. The van der Waals surface area contributed by atoms with Crippen molar-refractivity contribution in [2.75, 3.05) is 18.5 Å². The lowest BCUT2D eigenvalue weighted by Gasteiger charge is -2.21. The molecule has 3 nitrogen and oxygen atoms in total. The summed E-state index contributed by atoms with van der Waals surface area (Å²) in [5, 5.41) is 3.17. The molecule has 0 saturated heterocycles. The Kier molecular flexibility index (Phi) is 3.80. The van der Waals surface area contributed by atoms with Crippen LogP contribution in [0.15, 0.2) is 36.4 Å². The minimum Gasteiger partial charge on any atom is -0.489 e. The molecule has 5 heteroatoms. The van der Waals surface area contributed by atoms with E-state index in [-0.39, 0.29) is 17.2 Å². The van der Waals surface area contributed by atoms with Gasteiger partial charge in [0.2, 0.25) is 0 Å². The third-order valence-electron chi connectivity index (χ3n) is 3.36. The van der Waals surface area contributed by atoms with Gasteiger partial charge < -0.3 is 10.1 Å². The fourth-order valence-electron chi connectivity index (χ4n) is 2.34. The zero-order valence-electron chi connectivity index (χ0n) is 11.2. The molecule has 0 spiro atoms. The van der Waals surface area contributed by atoms with Crippen LogP contribution in [0.2, 0.25) is 5.02 Å². The molecule has 0 radical (unpaired) electrons. The molecular formula is C16H13ClFNO2. The highest BCUT2D eigenvalue weighted by molar-refractivity contribution is 6.31. The maximum absolute atomic E-state index is 13.4. The van der Waals surface area contributed by atoms with Gasteiger partial charge in [-0.2, -0.15) is 0 Å². The SMILES string of the molecule is O=C(Cc1cccc(F)c1Cl)c1cccc2c1OCCN2. The second-order valence-electron chi connectivity index (χ2n) is 4.77. The molecule has 0 aliphatic carbocycles. The molecule has 2 aromatic rings. The summed E-state index contributed by atoms with van der Waals surface area (Å²) >= 11 is 5.90. The van der Waals surface area contributed by atoms with Gasteiger partial charge in [-0.25, -0.2) is 4.39 Å². The monoisotopic (exact) mass is 305 g/mol. The topological polar surface area (TPSA) is 38.3 Å². The number of nitrogens with one attached hydrogen (secondary N) is 1. The van der Waals surface area contributed by atoms with Crippen LogP contribution in [0, 0.1) is 5.82 Å². The number of para-hydroxylation sites is 1. The van der Waals surface area contributed by atoms with E-state index in [0.29, 0.717) is 30.0 Å². The van der Waals surface area contributed by atoms with Crippen LogP contribution in [0.5, 0.6) is 5.75 Å². The third-order valence-corrected chi connectivity index (χ3v) is 3.79. The molecule has 1 aliphatic rings. The summed E-state index contributed by atoms with van der Waals surface area (Å²) in [5.41, 5.74) is 1.76. The number of hydrogen-bond acceptors (Lipinski definition) is 3. The van der Waals surface area contributed by atoms with Crippen LogP contribution < -0.4 is 10.1 Å². The van der Waals surface area contributed by atoms with Gasteiger partial charge in [0.1, 0.15) is 12.4 Å². The molecule has 108 valence electrons. The molecule has 21 heavy (non-hydrogen) atoms. The Morgan fingerprint density at radius 3 is 2.95 bits per heavy atom. The van der Waals surface area contributed by atoms with Crippen LogP contribution in [-0.2, 0) is 6.42 Å². The molecule has 0 atom stereocenters. The lowest BCUT2D eigenvalue weighted by molar-refractivity contribution is 0.0989. The fraction of sp³-hybridized carbons (Fsp3) is 0.188. The number of rotatable bonds is 3. The highest BCUT2D eigenvalue weighted by Crippen LogP contribution is 2.32. The summed E-state index contributed by atoms with van der Waals surface area (Å²) in [6.07, 6.45) is 0.0381. The van der Waals surface area contributed by atoms with Crippen molar-refractivity contribution in [1.82, 2.24) is 0 Å². The Balaban J connectivity index is 1.91. The van der Waals surface area contributed by atoms with E-state index in [2.05, 4.69) is 5.32 Å². The predicted octanol–water partition coefficient (Wildman–Crippen LogP) is 3.71. The van der Waals surface area contributed by atoms with Crippen molar-refractivity contribution in [1.29, 1.82) is 0 Å². The van der Waals surface area contributed by atoms with Crippen LogP contribution in [0.3, 0.4) is 0 Å². The number of Topliss-reactive ketones (excluding diaryl/α,β-unsaturated/α-hetero) is 1. The fourth-order valence-corrected chi connectivity index (χ4v) is 2.54. The average Bonchev–Trinajstić information content (AvgIpc) is 2.51. The number of carbonyl (C=O) groups excluding carboxylic acids is 1. The van der Waals surface area contributed by atoms with Gasteiger partial charge in [0.25, 0.3) is 0 Å². The summed E-state index contributed by atoms with van der Waals surface area (Å²) in [4.78, 5) is 12.5. The lowest BCUT2D eigenvalue weighted by atomic mass is 10.0. The van der Waals surface area contributed by atoms with Crippen molar-refractivity contribution in [2.24, 2.45) is 0 Å². The summed E-state index contributed by atoms with van der Waals surface area (Å²) in [5.74, 6) is -0.112. The van der Waals surface area contributed by atoms with Gasteiger partial charge in [-0.3, -0.25) is 4.79 Å². The van der Waals surface area contributed by atoms with Crippen molar-refractivity contribution in [3.63, 3.8) is 0 Å². The summed E-state index contributed by atoms with van der Waals surface area (Å²) < 4.78 is 19.0. The Morgan fingerprint density at radius 2 is 2.10 bits per heavy atom. The van der Waals surface area contributed by atoms with Crippen LogP contribution >= 0.6 is 11.6 Å². The number of ketones is 1. The first-order valence-corrected chi connectivity index (χ1v) is 7.00. The maximum atomic E-state index is 13.4. The van der Waals surface area contributed by atoms with E-state index in [1.165, 1.54) is 6.07 Å². The first-order chi connectivity index (χ1) is 10.2. The molecule has 1 N–H and O–H groups in total. The Morgan fingerprint density at radius 1 is 1.29 bits per heavy atom. The zero-order chi connectivity index (χ0) is 14.8. The van der Waals surface area contributed by atoms with Gasteiger partial charge in [0, 0.05) is 13.0 Å². The summed E-state index contributed by atoms with van der Waals surface area (Å²) in [6, 6.07) is 9.83. The van der Waals surface area contributed by atoms with Crippen LogP contribution in [0.25, 0.3) is 0 Å². The average molecular weight is 306 g/mol. The quantitative estimate of drug-likeness (QED) is 0.879. The van der Waals surface area contributed by atoms with E-state index in [4.69, 9.17) is 16.3 Å². The van der Waals surface area contributed by atoms with Crippen LogP contribution in [0.4, 0.5) is 10.1 Å². The van der Waals surface area contributed by atoms with Crippen molar-refractivity contribution >= 4 is 23.1 Å². The van der Waals surface area contributed by atoms with Gasteiger partial charge in [-0.15, -0.1) is 0 Å². The molecule has 0 aromatic heterocycles. The minimum absolute atomic E-state index is 0.00491. The standard InChI is InChI=1S/C16H13ClFNO2/c17-15-10(3-1-5-12(15)18)9-14(20)11-4-2-6-13-16(11)21-8-7-19-13/h1-6,19H,7-9H2. The largest absolute Gasteiger partial charge is 0.489 e. The minimum atomic E-state index is -0.519. The number of anilines is 1. The summed E-state index contributed by atoms with van der Waals surface area (Å²) in [6.45, 7) is 1.22. The molecular weight excluding hydrogens is 293 g/mol. The molecule has 1 heterocycles. The normalized spacial score (nSPS) is 13.0. The number of halogens is 2. The molecule has 0 fully saturated rings. The molecule has 0 saturated carbocycles. The molecule has 2 aromatic carbocycles. The maximum Gasteiger partial charge on any atom is 0.171 e. The summed E-state index contributed by atoms with van der Waals surface area (Å²) in [7, 11) is 0. The number of hydrogen-bond donors (Lipinski definition) is 1. The van der Waals surface area contributed by atoms with E-state index < -0.39 is 5.82 Å². The van der Waals surface area contributed by atoms with Crippen LogP contribution in [-0.4, -0.2) is 18.9 Å². The number of fused-ring (bicyclic) bond motifs is 1. The predicted molar refractivity (Wildman–Crippen MR) is 79.9 cm³/mol. The van der Waals surface area contributed by atoms with Gasteiger partial charge in [-0.1, -0.05) is 29.8 Å². The zero-order valence-corrected chi connectivity index (χ0v) is 11.9. The smallest absolute Gasteiger partial charge is 0.171 e. The van der Waals surface area contributed by atoms with Gasteiger partial charge in [0.15, 0.2) is 11.5 Å². The molecule has 0 bridgehead atoms. The molecule has 1 aliphatic heterocycles. The van der Waals surface area contributed by atoms with Gasteiger partial charge in [0.05, 0.1) is 16.3 Å². The van der Waals surface area contributed by atoms with E-state index in [0.717, 1.165) is 5.69 Å². The first-order valence-electron chi connectivity index (χ1n) is 6.62. The van der Waals surface area contributed by atoms with Crippen molar-refractivity contribution in [2.45, 2.75) is 6.42 Å². The van der Waals surface area contributed by atoms with E-state index >= 15 is 0 Å². The second kappa shape index (κ2) is 5.74. The van der Waals surface area contributed by atoms with Crippen molar-refractivity contribution in [3.8, 4) is 5.75 Å². The van der Waals surface area contributed by atoms with E-state index in [1.54, 1.807) is 24.3 Å². The third kappa shape index (κ3) is 2.72. The highest BCUT2D eigenvalue weighted by atomic mass is 35.5. The Bertz CT molecular complexity index is 703. The molecule has 0 amide bonds. The Hall–Kier alpha value is -2.07. The molecule has 3 rings (SSSR count). The van der Waals surface area contributed by atoms with Crippen molar-refractivity contribution < 1.29 is 13.9 Å². The first kappa shape index (κ1) is 13.9. The molecule has 0 unspecified atom stereocenters. The second-order valence-corrected chi connectivity index (χ2v) is 5.15. The van der Waals surface area contributed by atoms with Crippen LogP contribution in [0.1, 0.15) is 15.9 Å². The Labute approximate surface area is 126 Å². The van der Waals surface area contributed by atoms with Gasteiger partial charge >= 0.3 is 0 Å². The number of ether oxygens (including phenoxy) is 1. The lowest BCUT2D eigenvalue weighted by Crippen LogP contribution is -2.20. The van der Waals surface area contributed by atoms with E-state index in [1.807, 2.05) is 6.07 Å². The van der Waals surface area contributed by atoms with Crippen molar-refractivity contribution in [3.05, 3.63) is 58.4 Å². The highest BCUT2D eigenvalue weighted by Gasteiger charge is 2.20. The van der Waals surface area contributed by atoms with E-state index in [9.17, 15) is 9.18 Å². The number of carbonyl (C=O) groups is 1. The van der Waals surface area contributed by atoms with Gasteiger partial charge in [-0.05, 0) is 23.8 Å².